The third-order valence-corrected chi connectivity index (χ3v) is 11.6. The van der Waals surface area contributed by atoms with Gasteiger partial charge in [-0.15, -0.1) is 0 Å². The molecule has 0 saturated heterocycles. The Labute approximate surface area is 374 Å². The molecule has 0 aromatic heterocycles. The lowest BCUT2D eigenvalue weighted by Crippen LogP contribution is -2.30. The standard InChI is InChI=1S/C55H102O5/c1-4-7-10-13-16-19-21-23-25-27-29-31-33-35-38-41-44-47-50-58-51-53(60-55(57)49-46-43-40-36-18-15-12-9-6-3)52-59-54(56)48-45-42-39-37-34-32-30-28-26-24-22-20-17-14-11-8-5-2/h16,19,23-26,53H,4-15,17-18,20-22,27-52H2,1-3H3/b19-16-,25-23-,26-24-. The lowest BCUT2D eigenvalue weighted by atomic mass is 10.1. The minimum atomic E-state index is -0.535. The second-order valence-corrected chi connectivity index (χ2v) is 17.8. The predicted octanol–water partition coefficient (Wildman–Crippen LogP) is 17.8. The first-order valence-electron chi connectivity index (χ1n) is 26.5. The van der Waals surface area contributed by atoms with Crippen LogP contribution in [0.25, 0.3) is 0 Å². The van der Waals surface area contributed by atoms with Gasteiger partial charge >= 0.3 is 11.9 Å². The molecule has 0 aromatic carbocycles. The lowest BCUT2D eigenvalue weighted by Gasteiger charge is -2.18. The Kier molecular flexibility index (Phi) is 49.9. The van der Waals surface area contributed by atoms with Gasteiger partial charge in [-0.2, -0.15) is 0 Å². The molecule has 0 saturated carbocycles. The molecular formula is C55H102O5. The maximum atomic E-state index is 12.7. The van der Waals surface area contributed by atoms with Gasteiger partial charge in [0.15, 0.2) is 6.10 Å². The van der Waals surface area contributed by atoms with E-state index in [1.807, 2.05) is 0 Å². The summed E-state index contributed by atoms with van der Waals surface area (Å²) in [5.74, 6) is -0.395. The molecule has 0 aromatic rings. The Bertz CT molecular complexity index is 955. The normalized spacial score (nSPS) is 12.4. The van der Waals surface area contributed by atoms with E-state index in [1.165, 1.54) is 199 Å². The zero-order valence-electron chi connectivity index (χ0n) is 40.5. The SMILES string of the molecule is CCCCC/C=C\C/C=C\CCCCCCCCCCOCC(COC(=O)CCCCCCCCC/C=C\CCCCCCCC)OC(=O)CCCCCCCCCCC. The Morgan fingerprint density at radius 3 is 1.15 bits per heavy atom. The second-order valence-electron chi connectivity index (χ2n) is 17.8. The van der Waals surface area contributed by atoms with Gasteiger partial charge in [0, 0.05) is 19.4 Å². The topological polar surface area (TPSA) is 61.8 Å². The maximum absolute atomic E-state index is 12.7. The lowest BCUT2D eigenvalue weighted by molar-refractivity contribution is -0.163. The number of ether oxygens (including phenoxy) is 3. The van der Waals surface area contributed by atoms with Crippen LogP contribution in [0.15, 0.2) is 36.5 Å². The van der Waals surface area contributed by atoms with E-state index in [9.17, 15) is 9.59 Å². The molecule has 1 unspecified atom stereocenters. The number of carbonyl (C=O) groups excluding carboxylic acids is 2. The fourth-order valence-electron chi connectivity index (χ4n) is 7.65. The number of hydrogen-bond acceptors (Lipinski definition) is 5. The molecule has 5 heteroatoms. The molecule has 60 heavy (non-hydrogen) atoms. The van der Waals surface area contributed by atoms with E-state index in [1.54, 1.807) is 0 Å². The zero-order valence-corrected chi connectivity index (χ0v) is 40.5. The highest BCUT2D eigenvalue weighted by Crippen LogP contribution is 2.15. The van der Waals surface area contributed by atoms with Gasteiger partial charge in [-0.25, -0.2) is 0 Å². The van der Waals surface area contributed by atoms with Crippen LogP contribution >= 0.6 is 0 Å². The average molecular weight is 843 g/mol. The fourth-order valence-corrected chi connectivity index (χ4v) is 7.65. The molecule has 5 nitrogen and oxygen atoms in total. The minimum Gasteiger partial charge on any atom is -0.462 e. The van der Waals surface area contributed by atoms with Crippen molar-refractivity contribution in [2.75, 3.05) is 19.8 Å². The van der Waals surface area contributed by atoms with Crippen LogP contribution in [0, 0.1) is 0 Å². The zero-order chi connectivity index (χ0) is 43.5. The Morgan fingerprint density at radius 2 is 0.700 bits per heavy atom. The number of unbranched alkanes of at least 4 members (excludes halogenated alkanes) is 32. The molecule has 0 spiro atoms. The van der Waals surface area contributed by atoms with Crippen molar-refractivity contribution in [3.05, 3.63) is 36.5 Å². The highest BCUT2D eigenvalue weighted by Gasteiger charge is 2.17. The molecule has 0 aliphatic rings. The van der Waals surface area contributed by atoms with E-state index in [0.717, 1.165) is 44.9 Å². The summed E-state index contributed by atoms with van der Waals surface area (Å²) >= 11 is 0. The summed E-state index contributed by atoms with van der Waals surface area (Å²) in [6, 6.07) is 0. The van der Waals surface area contributed by atoms with E-state index in [2.05, 4.69) is 57.2 Å². The van der Waals surface area contributed by atoms with Gasteiger partial charge in [0.1, 0.15) is 6.61 Å². The molecule has 0 N–H and O–H groups in total. The van der Waals surface area contributed by atoms with Gasteiger partial charge in [0.2, 0.25) is 0 Å². The number of allylic oxidation sites excluding steroid dienone is 6. The maximum Gasteiger partial charge on any atom is 0.306 e. The number of hydrogen-bond donors (Lipinski definition) is 0. The van der Waals surface area contributed by atoms with E-state index < -0.39 is 6.10 Å². The van der Waals surface area contributed by atoms with E-state index >= 15 is 0 Å². The minimum absolute atomic E-state index is 0.0850. The summed E-state index contributed by atoms with van der Waals surface area (Å²) in [6.45, 7) is 7.81. The highest BCUT2D eigenvalue weighted by atomic mass is 16.6. The van der Waals surface area contributed by atoms with Crippen LogP contribution < -0.4 is 0 Å². The van der Waals surface area contributed by atoms with Crippen molar-refractivity contribution in [2.45, 2.75) is 284 Å². The van der Waals surface area contributed by atoms with Crippen molar-refractivity contribution in [1.82, 2.24) is 0 Å². The highest BCUT2D eigenvalue weighted by molar-refractivity contribution is 5.70. The fraction of sp³-hybridized carbons (Fsp3) is 0.855. The number of rotatable bonds is 49. The summed E-state index contributed by atoms with van der Waals surface area (Å²) in [5.41, 5.74) is 0. The van der Waals surface area contributed by atoms with Crippen LogP contribution in [0.4, 0.5) is 0 Å². The third-order valence-electron chi connectivity index (χ3n) is 11.6. The van der Waals surface area contributed by atoms with Crippen molar-refractivity contribution in [3.63, 3.8) is 0 Å². The molecule has 1 atom stereocenters. The van der Waals surface area contributed by atoms with Crippen LogP contribution in [0.3, 0.4) is 0 Å². The van der Waals surface area contributed by atoms with Gasteiger partial charge < -0.3 is 14.2 Å². The Balaban J connectivity index is 4.16. The predicted molar refractivity (Wildman–Crippen MR) is 261 cm³/mol. The molecule has 0 amide bonds. The van der Waals surface area contributed by atoms with Crippen LogP contribution in [0.1, 0.15) is 278 Å². The first-order valence-corrected chi connectivity index (χ1v) is 26.5. The van der Waals surface area contributed by atoms with Gasteiger partial charge in [-0.1, -0.05) is 224 Å². The monoisotopic (exact) mass is 843 g/mol. The van der Waals surface area contributed by atoms with Crippen LogP contribution in [-0.2, 0) is 23.8 Å². The summed E-state index contributed by atoms with van der Waals surface area (Å²) in [5, 5.41) is 0. The third kappa shape index (κ3) is 48.8. The van der Waals surface area contributed by atoms with Crippen LogP contribution in [0.5, 0.6) is 0 Å². The molecule has 0 heterocycles. The molecule has 0 aliphatic heterocycles. The van der Waals surface area contributed by atoms with Gasteiger partial charge in [-0.3, -0.25) is 9.59 Å². The Morgan fingerprint density at radius 1 is 0.367 bits per heavy atom. The molecule has 0 rings (SSSR count). The molecule has 0 fully saturated rings. The van der Waals surface area contributed by atoms with Gasteiger partial charge in [0.05, 0.1) is 6.61 Å². The van der Waals surface area contributed by atoms with Crippen molar-refractivity contribution in [1.29, 1.82) is 0 Å². The van der Waals surface area contributed by atoms with Crippen molar-refractivity contribution >= 4 is 11.9 Å². The molecule has 0 aliphatic carbocycles. The molecular weight excluding hydrogens is 741 g/mol. The second kappa shape index (κ2) is 51.5. The van der Waals surface area contributed by atoms with Crippen molar-refractivity contribution in [2.24, 2.45) is 0 Å². The summed E-state index contributed by atoms with van der Waals surface area (Å²) in [6.07, 6.45) is 61.5. The number of carbonyl (C=O) groups is 2. The quantitative estimate of drug-likeness (QED) is 0.0347. The number of esters is 2. The average Bonchev–Trinajstić information content (AvgIpc) is 3.25. The largest absolute Gasteiger partial charge is 0.462 e. The van der Waals surface area contributed by atoms with Crippen molar-refractivity contribution in [3.8, 4) is 0 Å². The van der Waals surface area contributed by atoms with Gasteiger partial charge in [-0.05, 0) is 77.0 Å². The molecule has 0 radical (unpaired) electrons. The Hall–Kier alpha value is -1.88. The van der Waals surface area contributed by atoms with Crippen molar-refractivity contribution < 1.29 is 23.8 Å². The summed E-state index contributed by atoms with van der Waals surface area (Å²) in [4.78, 5) is 25.3. The first kappa shape index (κ1) is 58.1. The van der Waals surface area contributed by atoms with E-state index in [0.29, 0.717) is 19.4 Å². The molecule has 0 bridgehead atoms. The van der Waals surface area contributed by atoms with E-state index in [4.69, 9.17) is 14.2 Å². The van der Waals surface area contributed by atoms with Crippen LogP contribution in [0.2, 0.25) is 0 Å². The molecule has 352 valence electrons. The van der Waals surface area contributed by atoms with Gasteiger partial charge in [0.25, 0.3) is 0 Å². The van der Waals surface area contributed by atoms with Crippen LogP contribution in [-0.4, -0.2) is 37.9 Å². The smallest absolute Gasteiger partial charge is 0.306 e. The first-order chi connectivity index (χ1) is 29.6. The van der Waals surface area contributed by atoms with E-state index in [-0.39, 0.29) is 25.2 Å². The summed E-state index contributed by atoms with van der Waals surface area (Å²) in [7, 11) is 0. The summed E-state index contributed by atoms with van der Waals surface area (Å²) < 4.78 is 17.4.